The highest BCUT2D eigenvalue weighted by atomic mass is 19.4. The molecule has 8 heteroatoms. The molecule has 0 unspecified atom stereocenters. The van der Waals surface area contributed by atoms with Gasteiger partial charge in [-0.1, -0.05) is 42.5 Å². The molecule has 34 heavy (non-hydrogen) atoms. The summed E-state index contributed by atoms with van der Waals surface area (Å²) in [5, 5.41) is 4.46. The lowest BCUT2D eigenvalue weighted by Crippen LogP contribution is -2.13. The molecule has 168 valence electrons. The van der Waals surface area contributed by atoms with E-state index < -0.39 is 11.7 Å². The van der Waals surface area contributed by atoms with Crippen molar-refractivity contribution in [2.24, 2.45) is 0 Å². The Bertz CT molecular complexity index is 1470. The van der Waals surface area contributed by atoms with Crippen molar-refractivity contribution >= 4 is 22.4 Å². The van der Waals surface area contributed by atoms with Crippen molar-refractivity contribution in [1.82, 2.24) is 9.97 Å². The third-order valence-electron chi connectivity index (χ3n) is 5.28. The van der Waals surface area contributed by atoms with Crippen LogP contribution in [-0.4, -0.2) is 15.9 Å². The fourth-order valence-electron chi connectivity index (χ4n) is 3.66. The molecule has 0 aliphatic carbocycles. The predicted octanol–water partition coefficient (Wildman–Crippen LogP) is 6.83. The van der Waals surface area contributed by atoms with Gasteiger partial charge in [0, 0.05) is 28.4 Å². The maximum atomic E-state index is 12.9. The molecule has 0 saturated carbocycles. The van der Waals surface area contributed by atoms with Crippen molar-refractivity contribution in [2.45, 2.75) is 6.18 Å². The van der Waals surface area contributed by atoms with Crippen molar-refractivity contribution < 1.29 is 22.4 Å². The number of halogens is 3. The fourth-order valence-corrected chi connectivity index (χ4v) is 3.66. The average molecular weight is 459 g/mol. The number of anilines is 1. The molecule has 5 rings (SSSR count). The highest BCUT2D eigenvalue weighted by Crippen LogP contribution is 2.36. The molecule has 0 spiro atoms. The number of hydrogen-bond donors (Lipinski definition) is 1. The van der Waals surface area contributed by atoms with E-state index >= 15 is 0 Å². The Hall–Kier alpha value is -4.46. The van der Waals surface area contributed by atoms with Crippen LogP contribution < -0.4 is 5.32 Å². The van der Waals surface area contributed by atoms with Crippen molar-refractivity contribution in [3.63, 3.8) is 0 Å². The highest BCUT2D eigenvalue weighted by Gasteiger charge is 2.30. The van der Waals surface area contributed by atoms with E-state index in [1.54, 1.807) is 36.5 Å². The van der Waals surface area contributed by atoms with Gasteiger partial charge < -0.3 is 9.73 Å². The zero-order chi connectivity index (χ0) is 23.7. The first-order valence-corrected chi connectivity index (χ1v) is 10.3. The molecule has 2 heterocycles. The number of carbonyl (C=O) groups is 1. The number of oxazole rings is 1. The summed E-state index contributed by atoms with van der Waals surface area (Å²) >= 11 is 0. The minimum Gasteiger partial charge on any atom is -0.436 e. The Labute approximate surface area is 191 Å². The van der Waals surface area contributed by atoms with Crippen LogP contribution in [0.2, 0.25) is 0 Å². The van der Waals surface area contributed by atoms with Gasteiger partial charge >= 0.3 is 6.18 Å². The molecule has 2 aromatic heterocycles. The van der Waals surface area contributed by atoms with Crippen LogP contribution in [-0.2, 0) is 6.18 Å². The summed E-state index contributed by atoms with van der Waals surface area (Å²) in [4.78, 5) is 21.1. The van der Waals surface area contributed by atoms with Gasteiger partial charge in [0.05, 0.1) is 11.8 Å². The Kier molecular flexibility index (Phi) is 5.33. The number of amides is 1. The number of carbonyl (C=O) groups excluding carboxylic acids is 1. The summed E-state index contributed by atoms with van der Waals surface area (Å²) in [5.41, 5.74) is 1.19. The van der Waals surface area contributed by atoms with E-state index in [9.17, 15) is 18.0 Å². The molecule has 0 fully saturated rings. The normalized spacial score (nSPS) is 11.5. The van der Waals surface area contributed by atoms with Gasteiger partial charge in [0.1, 0.15) is 5.69 Å². The second kappa shape index (κ2) is 8.47. The molecule has 0 radical (unpaired) electrons. The third kappa shape index (κ3) is 4.13. The van der Waals surface area contributed by atoms with E-state index in [0.717, 1.165) is 22.9 Å². The lowest BCUT2D eigenvalue weighted by molar-refractivity contribution is -0.137. The van der Waals surface area contributed by atoms with Gasteiger partial charge in [0.15, 0.2) is 5.76 Å². The largest absolute Gasteiger partial charge is 0.436 e. The molecule has 0 saturated heterocycles. The standard InChI is InChI=1S/C26H16F3N3O2/c27-26(28,29)18-12-10-16(11-13-18)22-15-31-25(34-22)19-7-3-5-17-6-4-9-20(23(17)19)32-24(33)21-8-1-2-14-30-21/h1-15H,(H,32,33). The van der Waals surface area contributed by atoms with E-state index in [1.165, 1.54) is 18.3 Å². The van der Waals surface area contributed by atoms with E-state index in [-0.39, 0.29) is 17.5 Å². The molecule has 0 atom stereocenters. The van der Waals surface area contributed by atoms with Crippen LogP contribution in [0.15, 0.2) is 95.7 Å². The molecule has 0 aliphatic rings. The van der Waals surface area contributed by atoms with Gasteiger partial charge in [-0.25, -0.2) is 4.98 Å². The number of hydrogen-bond acceptors (Lipinski definition) is 4. The minimum atomic E-state index is -4.41. The molecule has 0 aliphatic heterocycles. The number of pyridine rings is 1. The number of alkyl halides is 3. The average Bonchev–Trinajstić information content (AvgIpc) is 3.34. The van der Waals surface area contributed by atoms with E-state index in [1.807, 2.05) is 24.3 Å². The summed E-state index contributed by atoms with van der Waals surface area (Å²) in [6.07, 6.45) is -1.41. The van der Waals surface area contributed by atoms with Crippen molar-refractivity contribution in [3.05, 3.63) is 103 Å². The first-order valence-electron chi connectivity index (χ1n) is 10.3. The van der Waals surface area contributed by atoms with Crippen molar-refractivity contribution in [1.29, 1.82) is 0 Å². The van der Waals surface area contributed by atoms with Gasteiger partial charge in [-0.15, -0.1) is 0 Å². The maximum Gasteiger partial charge on any atom is 0.416 e. The van der Waals surface area contributed by atoms with Gasteiger partial charge in [-0.05, 0) is 41.8 Å². The lowest BCUT2D eigenvalue weighted by atomic mass is 10.0. The highest BCUT2D eigenvalue weighted by molar-refractivity contribution is 6.11. The van der Waals surface area contributed by atoms with Gasteiger partial charge in [0.25, 0.3) is 5.91 Å². The first-order chi connectivity index (χ1) is 16.4. The van der Waals surface area contributed by atoms with Crippen LogP contribution in [0.25, 0.3) is 33.6 Å². The number of nitrogens with zero attached hydrogens (tertiary/aromatic N) is 2. The van der Waals surface area contributed by atoms with Gasteiger partial charge in [0.2, 0.25) is 5.89 Å². The van der Waals surface area contributed by atoms with Crippen LogP contribution in [0, 0.1) is 0 Å². The molecular weight excluding hydrogens is 443 g/mol. The van der Waals surface area contributed by atoms with Crippen molar-refractivity contribution in [3.8, 4) is 22.8 Å². The maximum absolute atomic E-state index is 12.9. The number of fused-ring (bicyclic) bond motifs is 1. The zero-order valence-corrected chi connectivity index (χ0v) is 17.5. The number of nitrogens with one attached hydrogen (secondary N) is 1. The monoisotopic (exact) mass is 459 g/mol. The molecule has 1 N–H and O–H groups in total. The van der Waals surface area contributed by atoms with Crippen molar-refractivity contribution in [2.75, 3.05) is 5.32 Å². The predicted molar refractivity (Wildman–Crippen MR) is 122 cm³/mol. The smallest absolute Gasteiger partial charge is 0.416 e. The van der Waals surface area contributed by atoms with Crippen LogP contribution >= 0.6 is 0 Å². The molecule has 3 aromatic carbocycles. The second-order valence-corrected chi connectivity index (χ2v) is 7.48. The van der Waals surface area contributed by atoms with Crippen LogP contribution in [0.1, 0.15) is 16.1 Å². The molecule has 5 nitrogen and oxygen atoms in total. The Morgan fingerprint density at radius 2 is 1.62 bits per heavy atom. The van der Waals surface area contributed by atoms with E-state index in [4.69, 9.17) is 4.42 Å². The zero-order valence-electron chi connectivity index (χ0n) is 17.5. The quantitative estimate of drug-likeness (QED) is 0.320. The minimum absolute atomic E-state index is 0.276. The van der Waals surface area contributed by atoms with E-state index in [2.05, 4.69) is 15.3 Å². The van der Waals surface area contributed by atoms with Crippen LogP contribution in [0.5, 0.6) is 0 Å². The molecular formula is C26H16F3N3O2. The Morgan fingerprint density at radius 1 is 0.853 bits per heavy atom. The third-order valence-corrected chi connectivity index (χ3v) is 5.28. The Morgan fingerprint density at radius 3 is 2.32 bits per heavy atom. The topological polar surface area (TPSA) is 68.0 Å². The summed E-state index contributed by atoms with van der Waals surface area (Å²) in [5.74, 6) is 0.247. The molecule has 1 amide bonds. The number of aromatic nitrogens is 2. The summed E-state index contributed by atoms with van der Waals surface area (Å²) < 4.78 is 44.5. The van der Waals surface area contributed by atoms with Crippen LogP contribution in [0.4, 0.5) is 18.9 Å². The number of rotatable bonds is 4. The van der Waals surface area contributed by atoms with E-state index in [0.29, 0.717) is 22.6 Å². The number of benzene rings is 3. The first kappa shape index (κ1) is 21.4. The SMILES string of the molecule is O=C(Nc1cccc2cccc(-c3ncc(-c4ccc(C(F)(F)F)cc4)o3)c12)c1ccccn1. The van der Waals surface area contributed by atoms with Gasteiger partial charge in [-0.3, -0.25) is 9.78 Å². The fraction of sp³-hybridized carbons (Fsp3) is 0.0385. The lowest BCUT2D eigenvalue weighted by Gasteiger charge is -2.11. The summed E-state index contributed by atoms with van der Waals surface area (Å²) in [6, 6.07) is 20.8. The summed E-state index contributed by atoms with van der Waals surface area (Å²) in [7, 11) is 0. The Balaban J connectivity index is 1.52. The van der Waals surface area contributed by atoms with Gasteiger partial charge in [-0.2, -0.15) is 13.2 Å². The van der Waals surface area contributed by atoms with Crippen LogP contribution in [0.3, 0.4) is 0 Å². The second-order valence-electron chi connectivity index (χ2n) is 7.48. The molecule has 5 aromatic rings. The summed E-state index contributed by atoms with van der Waals surface area (Å²) in [6.45, 7) is 0. The molecule has 0 bridgehead atoms.